The summed E-state index contributed by atoms with van der Waals surface area (Å²) in [6.45, 7) is 6.88. The number of pyridine rings is 1. The Morgan fingerprint density at radius 1 is 1.06 bits per heavy atom. The van der Waals surface area contributed by atoms with Crippen molar-refractivity contribution in [1.82, 2.24) is 25.2 Å². The summed E-state index contributed by atoms with van der Waals surface area (Å²) in [4.78, 5) is 20.1. The molecule has 1 saturated carbocycles. The summed E-state index contributed by atoms with van der Waals surface area (Å²) in [5.74, 6) is 5.02. The molecule has 2 aromatic carbocycles. The fraction of sp³-hybridized carbons (Fsp3) is 0.525. The van der Waals surface area contributed by atoms with E-state index in [0.717, 1.165) is 68.8 Å². The van der Waals surface area contributed by atoms with Gasteiger partial charge in [0.15, 0.2) is 5.82 Å². The topological polar surface area (TPSA) is 66.4 Å². The Kier molecular flexibility index (Phi) is 7.79. The number of hydrogen-bond donors (Lipinski definition) is 1. The van der Waals surface area contributed by atoms with Crippen LogP contribution in [-0.2, 0) is 6.42 Å². The van der Waals surface area contributed by atoms with Crippen molar-refractivity contribution < 1.29 is 13.5 Å². The third-order valence-electron chi connectivity index (χ3n) is 12.2. The van der Waals surface area contributed by atoms with E-state index in [1.165, 1.54) is 24.0 Å². The van der Waals surface area contributed by atoms with Gasteiger partial charge < -0.3 is 19.9 Å². The Hall–Kier alpha value is -3.52. The first-order valence-corrected chi connectivity index (χ1v) is 21.1. The number of nitrogens with one attached hydrogen (secondary N) is 1. The lowest BCUT2D eigenvalue weighted by Gasteiger charge is -2.43. The first-order chi connectivity index (χ1) is 24.1. The summed E-state index contributed by atoms with van der Waals surface area (Å²) >= 11 is 0. The normalized spacial score (nSPS) is 27.3. The molecule has 10 heteroatoms. The van der Waals surface area contributed by atoms with Crippen LogP contribution >= 0.6 is 10.0 Å². The molecular formula is C40H46F2N6OS. The van der Waals surface area contributed by atoms with E-state index in [1.54, 1.807) is 12.1 Å². The van der Waals surface area contributed by atoms with E-state index in [0.29, 0.717) is 41.4 Å². The molecule has 7 nitrogen and oxygen atoms in total. The van der Waals surface area contributed by atoms with Gasteiger partial charge in [-0.05, 0) is 86.5 Å². The minimum Gasteiger partial charge on any atom is -0.463 e. The van der Waals surface area contributed by atoms with Gasteiger partial charge >= 0.3 is 6.01 Å². The number of anilines is 1. The van der Waals surface area contributed by atoms with Crippen molar-refractivity contribution in [2.75, 3.05) is 61.7 Å². The molecule has 50 heavy (non-hydrogen) atoms. The molecular weight excluding hydrogens is 651 g/mol. The number of halogens is 2. The molecule has 4 atom stereocenters. The van der Waals surface area contributed by atoms with E-state index in [2.05, 4.69) is 40.5 Å². The van der Waals surface area contributed by atoms with Gasteiger partial charge in [0.1, 0.15) is 22.8 Å². The summed E-state index contributed by atoms with van der Waals surface area (Å²) < 4.78 is 38.9. The monoisotopic (exact) mass is 696 g/mol. The third-order valence-corrected chi connectivity index (χ3v) is 14.9. The van der Waals surface area contributed by atoms with Crippen molar-refractivity contribution in [2.24, 2.45) is 11.3 Å². The van der Waals surface area contributed by atoms with Crippen LogP contribution in [0.25, 0.3) is 32.9 Å². The van der Waals surface area contributed by atoms with Gasteiger partial charge in [0.05, 0.1) is 23.3 Å². The number of ether oxygens (including phenoxy) is 1. The molecule has 0 spiro atoms. The largest absolute Gasteiger partial charge is 0.463 e. The van der Waals surface area contributed by atoms with Crippen molar-refractivity contribution in [3.8, 4) is 29.6 Å². The van der Waals surface area contributed by atoms with E-state index in [1.807, 2.05) is 12.1 Å². The average Bonchev–Trinajstić information content (AvgIpc) is 3.83. The van der Waals surface area contributed by atoms with Crippen LogP contribution < -0.4 is 15.0 Å². The lowest BCUT2D eigenvalue weighted by atomic mass is 9.89. The van der Waals surface area contributed by atoms with Crippen LogP contribution in [0.4, 0.5) is 14.6 Å². The second-order valence-corrected chi connectivity index (χ2v) is 20.6. The Balaban J connectivity index is 1.15. The van der Waals surface area contributed by atoms with Crippen LogP contribution in [0.15, 0.2) is 30.3 Å². The number of benzene rings is 2. The van der Waals surface area contributed by atoms with Gasteiger partial charge in [0.2, 0.25) is 0 Å². The maximum atomic E-state index is 17.2. The molecule has 9 rings (SSSR count). The summed E-state index contributed by atoms with van der Waals surface area (Å²) in [7, 11) is -0.506. The van der Waals surface area contributed by atoms with Gasteiger partial charge in [-0.1, -0.05) is 37.1 Å². The van der Waals surface area contributed by atoms with Gasteiger partial charge in [-0.2, -0.15) is 9.97 Å². The lowest BCUT2D eigenvalue weighted by molar-refractivity contribution is 0.160. The SMILES string of the molecule is C#Cc1c(F)ccc2cccc(-c3nc4c5c(nc(OCC6(CN7CCCS(C)(C)CC7)CC6)nc5c3F)N3C[C@H]5CC[C@H](N5)[C@@H]3[C@@H](C)C4)c12. The number of aromatic nitrogens is 3. The Labute approximate surface area is 294 Å². The first-order valence-electron chi connectivity index (χ1n) is 18.3. The Morgan fingerprint density at radius 3 is 2.74 bits per heavy atom. The third kappa shape index (κ3) is 5.52. The lowest BCUT2D eigenvalue weighted by Crippen LogP contribution is -2.60. The standard InChI is InChI=1S/C40H46F2N6OS/c1-5-27-29(41)12-10-25-8-6-9-28(32(25)27)35-34(42)36-33-31(44-35)20-24(2)37-30-13-11-26(43-30)21-48(37)38(33)46-39(45-36)49-23-40(14-15-40)22-47-16-7-18-50(3,4)19-17-47/h1,6,8-10,12,24,26,30,37,43H,7,11,13-23H2,2-4H3/t24-,26+,30-,37-/m0/s1. The van der Waals surface area contributed by atoms with Gasteiger partial charge in [0, 0.05) is 54.1 Å². The van der Waals surface area contributed by atoms with Crippen molar-refractivity contribution in [1.29, 1.82) is 0 Å². The minimum absolute atomic E-state index is 0.0766. The zero-order valence-electron chi connectivity index (χ0n) is 29.3. The van der Waals surface area contributed by atoms with E-state index >= 15 is 8.78 Å². The van der Waals surface area contributed by atoms with Gasteiger partial charge in [-0.25, -0.2) is 23.8 Å². The number of piperazine rings is 1. The Morgan fingerprint density at radius 2 is 1.92 bits per heavy atom. The number of terminal acetylenes is 1. The fourth-order valence-electron chi connectivity index (χ4n) is 9.34. The van der Waals surface area contributed by atoms with Crippen molar-refractivity contribution in [3.63, 3.8) is 0 Å². The zero-order valence-corrected chi connectivity index (χ0v) is 30.1. The number of hydrogen-bond acceptors (Lipinski definition) is 7. The van der Waals surface area contributed by atoms with E-state index in [9.17, 15) is 0 Å². The molecule has 4 aliphatic heterocycles. The van der Waals surface area contributed by atoms with Crippen LogP contribution in [-0.4, -0.2) is 94.8 Å². The smallest absolute Gasteiger partial charge is 0.319 e. The van der Waals surface area contributed by atoms with Crippen LogP contribution in [0.1, 0.15) is 50.3 Å². The number of rotatable bonds is 6. The molecule has 6 heterocycles. The zero-order chi connectivity index (χ0) is 34.4. The minimum atomic E-state index is -0.558. The summed E-state index contributed by atoms with van der Waals surface area (Å²) in [5.41, 5.74) is 1.75. The maximum Gasteiger partial charge on any atom is 0.319 e. The van der Waals surface area contributed by atoms with Crippen LogP contribution in [0, 0.1) is 35.3 Å². The van der Waals surface area contributed by atoms with Crippen LogP contribution in [0.5, 0.6) is 6.01 Å². The predicted molar refractivity (Wildman–Crippen MR) is 199 cm³/mol. The van der Waals surface area contributed by atoms with E-state index in [-0.39, 0.29) is 40.2 Å². The predicted octanol–water partition coefficient (Wildman–Crippen LogP) is 6.53. The van der Waals surface area contributed by atoms with Gasteiger partial charge in [-0.3, -0.25) is 0 Å². The second-order valence-electron chi connectivity index (χ2n) is 16.2. The molecule has 4 fully saturated rings. The second kappa shape index (κ2) is 12.0. The van der Waals surface area contributed by atoms with Crippen molar-refractivity contribution >= 4 is 37.5 Å². The average molecular weight is 697 g/mol. The molecule has 262 valence electrons. The maximum absolute atomic E-state index is 17.2. The molecule has 0 radical (unpaired) electrons. The highest BCUT2D eigenvalue weighted by Gasteiger charge is 2.47. The molecule has 4 aromatic rings. The summed E-state index contributed by atoms with van der Waals surface area (Å²) in [5, 5.41) is 5.71. The molecule has 3 saturated heterocycles. The van der Waals surface area contributed by atoms with E-state index < -0.39 is 21.7 Å². The highest BCUT2D eigenvalue weighted by molar-refractivity contribution is 8.32. The van der Waals surface area contributed by atoms with Gasteiger partial charge in [0.25, 0.3) is 0 Å². The highest BCUT2D eigenvalue weighted by Crippen LogP contribution is 2.49. The number of nitrogens with zero attached hydrogens (tertiary/aromatic N) is 5. The molecule has 1 aliphatic carbocycles. The molecule has 5 aliphatic rings. The molecule has 1 N–H and O–H groups in total. The van der Waals surface area contributed by atoms with Crippen LogP contribution in [0.2, 0.25) is 0 Å². The Bertz CT molecular complexity index is 2060. The van der Waals surface area contributed by atoms with Crippen LogP contribution in [0.3, 0.4) is 0 Å². The van der Waals surface area contributed by atoms with E-state index in [4.69, 9.17) is 26.1 Å². The molecule has 0 amide bonds. The van der Waals surface area contributed by atoms with Crippen molar-refractivity contribution in [2.45, 2.75) is 63.6 Å². The highest BCUT2D eigenvalue weighted by atomic mass is 32.3. The molecule has 0 unspecified atom stereocenters. The number of fused-ring (bicyclic) bond motifs is 6. The summed E-state index contributed by atoms with van der Waals surface area (Å²) in [6.07, 6.45) is 17.1. The van der Waals surface area contributed by atoms with Gasteiger partial charge in [-0.15, -0.1) is 6.42 Å². The first kappa shape index (κ1) is 32.4. The molecule has 2 bridgehead atoms. The quantitative estimate of drug-likeness (QED) is 0.230. The van der Waals surface area contributed by atoms with Crippen molar-refractivity contribution in [3.05, 3.63) is 53.2 Å². The summed E-state index contributed by atoms with van der Waals surface area (Å²) in [6, 6.07) is 9.61. The molecule has 2 aromatic heterocycles. The fourth-order valence-corrected chi connectivity index (χ4v) is 11.2.